The number of benzene rings is 3. The number of hydrogen-bond donors (Lipinski definition) is 0. The Hall–Kier alpha value is -4.29. The highest BCUT2D eigenvalue weighted by atomic mass is 35.5. The lowest BCUT2D eigenvalue weighted by atomic mass is 10.1. The second-order valence-electron chi connectivity index (χ2n) is 12.4. The Labute approximate surface area is 295 Å². The topological polar surface area (TPSA) is 91.8 Å². The molecule has 3 atom stereocenters. The zero-order chi connectivity index (χ0) is 34.0. The van der Waals surface area contributed by atoms with E-state index in [1.807, 2.05) is 56.4 Å². The number of halogens is 2. The normalized spacial score (nSPS) is 20.1. The number of nitrogens with zero attached hydrogens (tertiary/aromatic N) is 7. The number of piperazine rings is 1. The van der Waals surface area contributed by atoms with E-state index in [0.29, 0.717) is 29.8 Å². The first-order chi connectivity index (χ1) is 23.8. The third-order valence-corrected chi connectivity index (χ3v) is 10.00. The van der Waals surface area contributed by atoms with Gasteiger partial charge in [0.1, 0.15) is 24.8 Å². The molecule has 49 heavy (non-hydrogen) atoms. The van der Waals surface area contributed by atoms with Crippen molar-refractivity contribution in [2.75, 3.05) is 49.2 Å². The van der Waals surface area contributed by atoms with Crippen LogP contribution >= 0.6 is 23.2 Å². The van der Waals surface area contributed by atoms with Gasteiger partial charge in [-0.2, -0.15) is 10.2 Å². The monoisotopic (exact) mass is 703 g/mol. The molecular formula is C36H39Cl2N7O4. The van der Waals surface area contributed by atoms with Crippen LogP contribution in [0.3, 0.4) is 0 Å². The zero-order valence-corrected chi connectivity index (χ0v) is 29.0. The van der Waals surface area contributed by atoms with Crippen molar-refractivity contribution >= 4 is 34.6 Å². The molecule has 256 valence electrons. The Morgan fingerprint density at radius 1 is 0.918 bits per heavy atom. The molecule has 3 aromatic carbocycles. The standard InChI is InChI=1S/C36H39Cl2N7O4/c1-3-26(2)45-35(46)44(25-40-45)30-8-6-28(7-9-30)41-17-19-42(20-18-41)29-10-12-31(13-11-29)47-22-32-23-48-36(49-32,24-43-16-4-15-39-43)27-5-14-33(37)34(38)21-27/h4-16,21,25-26,32H,3,17-20,22-24H2,1-2H3/t26?,32-,36-/m1/s1. The summed E-state index contributed by atoms with van der Waals surface area (Å²) in [4.78, 5) is 17.6. The molecule has 2 saturated heterocycles. The van der Waals surface area contributed by atoms with Crippen LogP contribution < -0.4 is 20.2 Å². The van der Waals surface area contributed by atoms with Gasteiger partial charge < -0.3 is 24.0 Å². The summed E-state index contributed by atoms with van der Waals surface area (Å²) in [5, 5.41) is 9.55. The molecule has 5 aromatic rings. The van der Waals surface area contributed by atoms with Gasteiger partial charge in [-0.1, -0.05) is 36.2 Å². The van der Waals surface area contributed by atoms with Crippen LogP contribution in [0, 0.1) is 0 Å². The summed E-state index contributed by atoms with van der Waals surface area (Å²) in [6, 6.07) is 23.6. The van der Waals surface area contributed by atoms with Crippen molar-refractivity contribution in [2.45, 2.75) is 44.7 Å². The van der Waals surface area contributed by atoms with E-state index in [9.17, 15) is 4.79 Å². The summed E-state index contributed by atoms with van der Waals surface area (Å²) >= 11 is 12.5. The average Bonchev–Trinajstić information content (AvgIpc) is 3.90. The van der Waals surface area contributed by atoms with Crippen molar-refractivity contribution < 1.29 is 14.2 Å². The highest BCUT2D eigenvalue weighted by Crippen LogP contribution is 2.38. The van der Waals surface area contributed by atoms with E-state index in [0.717, 1.165) is 61.0 Å². The highest BCUT2D eigenvalue weighted by molar-refractivity contribution is 6.42. The second-order valence-corrected chi connectivity index (χ2v) is 13.2. The van der Waals surface area contributed by atoms with Gasteiger partial charge in [0, 0.05) is 55.5 Å². The summed E-state index contributed by atoms with van der Waals surface area (Å²) in [7, 11) is 0. The molecule has 1 unspecified atom stereocenters. The quantitative estimate of drug-likeness (QED) is 0.161. The summed E-state index contributed by atoms with van der Waals surface area (Å²) in [6.07, 6.45) is 5.74. The first kappa shape index (κ1) is 33.2. The van der Waals surface area contributed by atoms with Crippen molar-refractivity contribution in [1.29, 1.82) is 0 Å². The third-order valence-electron chi connectivity index (χ3n) is 9.26. The molecule has 0 amide bonds. The Balaban J connectivity index is 0.923. The summed E-state index contributed by atoms with van der Waals surface area (Å²) < 4.78 is 23.9. The lowest BCUT2D eigenvalue weighted by molar-refractivity contribution is -0.190. The maximum Gasteiger partial charge on any atom is 0.350 e. The molecule has 7 rings (SSSR count). The smallest absolute Gasteiger partial charge is 0.350 e. The number of aromatic nitrogens is 5. The van der Waals surface area contributed by atoms with E-state index in [2.05, 4.69) is 44.3 Å². The molecule has 0 aliphatic carbocycles. The summed E-state index contributed by atoms with van der Waals surface area (Å²) in [5.41, 5.74) is 3.76. The average molecular weight is 705 g/mol. The second kappa shape index (κ2) is 14.3. The molecule has 2 aliphatic heterocycles. The molecule has 11 nitrogen and oxygen atoms in total. The van der Waals surface area contributed by atoms with Crippen LogP contribution in [0.4, 0.5) is 11.4 Å². The first-order valence-electron chi connectivity index (χ1n) is 16.6. The molecule has 2 fully saturated rings. The van der Waals surface area contributed by atoms with E-state index in [-0.39, 0.29) is 17.8 Å². The van der Waals surface area contributed by atoms with Crippen LogP contribution in [0.2, 0.25) is 10.0 Å². The number of anilines is 2. The van der Waals surface area contributed by atoms with E-state index in [1.165, 1.54) is 0 Å². The van der Waals surface area contributed by atoms with Crippen LogP contribution in [-0.4, -0.2) is 69.6 Å². The molecule has 0 radical (unpaired) electrons. The predicted octanol–water partition coefficient (Wildman–Crippen LogP) is 6.18. The molecule has 2 aliphatic rings. The van der Waals surface area contributed by atoms with Crippen LogP contribution in [0.15, 0.2) is 96.3 Å². The first-order valence-corrected chi connectivity index (χ1v) is 17.3. The lowest BCUT2D eigenvalue weighted by Crippen LogP contribution is -2.46. The Morgan fingerprint density at radius 2 is 1.59 bits per heavy atom. The van der Waals surface area contributed by atoms with Crippen molar-refractivity contribution in [2.24, 2.45) is 0 Å². The molecular weight excluding hydrogens is 665 g/mol. The van der Waals surface area contributed by atoms with Crippen molar-refractivity contribution in [1.82, 2.24) is 24.1 Å². The largest absolute Gasteiger partial charge is 0.491 e. The lowest BCUT2D eigenvalue weighted by Gasteiger charge is -2.37. The van der Waals surface area contributed by atoms with Gasteiger partial charge >= 0.3 is 5.69 Å². The molecule has 0 spiro atoms. The van der Waals surface area contributed by atoms with Crippen molar-refractivity contribution in [3.63, 3.8) is 0 Å². The minimum Gasteiger partial charge on any atom is -0.491 e. The van der Waals surface area contributed by atoms with Gasteiger partial charge in [0.15, 0.2) is 0 Å². The van der Waals surface area contributed by atoms with Gasteiger partial charge in [-0.05, 0) is 80.1 Å². The van der Waals surface area contributed by atoms with Gasteiger partial charge in [0.25, 0.3) is 0 Å². The fourth-order valence-corrected chi connectivity index (χ4v) is 6.57. The molecule has 4 heterocycles. The Morgan fingerprint density at radius 3 is 2.22 bits per heavy atom. The molecule has 2 aromatic heterocycles. The van der Waals surface area contributed by atoms with E-state index < -0.39 is 5.79 Å². The fraction of sp³-hybridized carbons (Fsp3) is 0.361. The maximum atomic E-state index is 12.8. The van der Waals surface area contributed by atoms with Crippen molar-refractivity contribution in [3.8, 4) is 11.4 Å². The van der Waals surface area contributed by atoms with E-state index in [4.69, 9.17) is 37.4 Å². The summed E-state index contributed by atoms with van der Waals surface area (Å²) in [6.45, 7) is 8.65. The Kier molecular flexibility index (Phi) is 9.68. The number of ether oxygens (including phenoxy) is 3. The van der Waals surface area contributed by atoms with Gasteiger partial charge in [0.05, 0.1) is 34.9 Å². The minimum absolute atomic E-state index is 0.0664. The van der Waals surface area contributed by atoms with Crippen LogP contribution in [0.5, 0.6) is 5.75 Å². The maximum absolute atomic E-state index is 12.8. The Bertz CT molecular complexity index is 1910. The van der Waals surface area contributed by atoms with E-state index >= 15 is 0 Å². The molecule has 0 saturated carbocycles. The third kappa shape index (κ3) is 7.07. The minimum atomic E-state index is -1.07. The number of rotatable bonds is 11. The van der Waals surface area contributed by atoms with Gasteiger partial charge in [0.2, 0.25) is 5.79 Å². The van der Waals surface area contributed by atoms with Gasteiger partial charge in [-0.15, -0.1) is 0 Å². The summed E-state index contributed by atoms with van der Waals surface area (Å²) in [5.74, 6) is -0.307. The van der Waals surface area contributed by atoms with Gasteiger partial charge in [-0.3, -0.25) is 4.68 Å². The molecule has 0 N–H and O–H groups in total. The van der Waals surface area contributed by atoms with E-state index in [1.54, 1.807) is 38.6 Å². The predicted molar refractivity (Wildman–Crippen MR) is 190 cm³/mol. The molecule has 0 bridgehead atoms. The molecule has 13 heteroatoms. The fourth-order valence-electron chi connectivity index (χ4n) is 6.27. The van der Waals surface area contributed by atoms with Crippen LogP contribution in [-0.2, 0) is 21.8 Å². The zero-order valence-electron chi connectivity index (χ0n) is 27.5. The van der Waals surface area contributed by atoms with Crippen molar-refractivity contribution in [3.05, 3.63) is 118 Å². The number of hydrogen-bond acceptors (Lipinski definition) is 8. The highest BCUT2D eigenvalue weighted by Gasteiger charge is 2.44. The van der Waals surface area contributed by atoms with Gasteiger partial charge in [-0.25, -0.2) is 14.0 Å². The van der Waals surface area contributed by atoms with Crippen LogP contribution in [0.25, 0.3) is 5.69 Å². The van der Waals surface area contributed by atoms with Crippen LogP contribution in [0.1, 0.15) is 31.9 Å². The SMILES string of the molecule is CCC(C)n1ncn(-c2ccc(N3CCN(c4ccc(OC[C@@H]5CO[C@@](Cn6cccn6)(c6ccc(Cl)c(Cl)c6)O5)cc4)CC3)cc2)c1=O.